The summed E-state index contributed by atoms with van der Waals surface area (Å²) in [7, 11) is 3.20. The van der Waals surface area contributed by atoms with Gasteiger partial charge in [0.15, 0.2) is 11.5 Å². The summed E-state index contributed by atoms with van der Waals surface area (Å²) in [4.78, 5) is 18.5. The van der Waals surface area contributed by atoms with E-state index in [1.54, 1.807) is 19.6 Å². The third-order valence-electron chi connectivity index (χ3n) is 4.63. The van der Waals surface area contributed by atoms with Crippen LogP contribution in [0.4, 0.5) is 0 Å². The maximum atomic E-state index is 12.8. The van der Waals surface area contributed by atoms with Crippen LogP contribution in [0.2, 0.25) is 0 Å². The third kappa shape index (κ3) is 3.72. The highest BCUT2D eigenvalue weighted by atomic mass is 32.2. The molecule has 0 radical (unpaired) electrons. The number of hydrogen-bond donors (Lipinski definition) is 1. The van der Waals surface area contributed by atoms with Crippen molar-refractivity contribution in [1.82, 2.24) is 10.3 Å². The summed E-state index contributed by atoms with van der Waals surface area (Å²) in [6, 6.07) is 13.9. The molecule has 0 saturated carbocycles. The number of benzene rings is 2. The van der Waals surface area contributed by atoms with Crippen LogP contribution in [0.25, 0.3) is 10.6 Å². The lowest BCUT2D eigenvalue weighted by Crippen LogP contribution is -2.30. The first-order chi connectivity index (χ1) is 13.7. The quantitative estimate of drug-likeness (QED) is 0.653. The summed E-state index contributed by atoms with van der Waals surface area (Å²) in [6.07, 6.45) is 0.917. The fraction of sp³-hybridized carbons (Fsp3) is 0.238. The SMILES string of the molecule is COc1ccc(-c2nc(C(=O)NC3CCSc4ccccc43)cs2)cc1OC. The van der Waals surface area contributed by atoms with Crippen molar-refractivity contribution in [2.75, 3.05) is 20.0 Å². The third-order valence-corrected chi connectivity index (χ3v) is 6.65. The zero-order valence-corrected chi connectivity index (χ0v) is 17.2. The van der Waals surface area contributed by atoms with Crippen LogP contribution in [-0.4, -0.2) is 30.9 Å². The molecule has 1 unspecified atom stereocenters. The van der Waals surface area contributed by atoms with Crippen LogP contribution < -0.4 is 14.8 Å². The average molecular weight is 413 g/mol. The highest BCUT2D eigenvalue weighted by Crippen LogP contribution is 2.36. The average Bonchev–Trinajstić information content (AvgIpc) is 3.24. The van der Waals surface area contributed by atoms with Gasteiger partial charge in [0.05, 0.1) is 20.3 Å². The van der Waals surface area contributed by atoms with Gasteiger partial charge < -0.3 is 14.8 Å². The number of nitrogens with one attached hydrogen (secondary N) is 1. The number of carbonyl (C=O) groups excluding carboxylic acids is 1. The number of fused-ring (bicyclic) bond motifs is 1. The molecule has 4 rings (SSSR count). The standard InChI is InChI=1S/C21H20N2O3S2/c1-25-17-8-7-13(11-18(17)26-2)21-23-16(12-28-21)20(24)22-15-9-10-27-19-6-4-3-5-14(15)19/h3-8,11-12,15H,9-10H2,1-2H3,(H,22,24). The van der Waals surface area contributed by atoms with Crippen LogP contribution in [-0.2, 0) is 0 Å². The van der Waals surface area contributed by atoms with Crippen LogP contribution in [0.5, 0.6) is 11.5 Å². The number of thioether (sulfide) groups is 1. The Balaban J connectivity index is 1.53. The number of amides is 1. The second-order valence-electron chi connectivity index (χ2n) is 6.31. The van der Waals surface area contributed by atoms with Crippen molar-refractivity contribution in [2.24, 2.45) is 0 Å². The molecule has 3 aromatic rings. The van der Waals surface area contributed by atoms with Crippen molar-refractivity contribution in [3.63, 3.8) is 0 Å². The number of thiazole rings is 1. The van der Waals surface area contributed by atoms with E-state index in [-0.39, 0.29) is 11.9 Å². The van der Waals surface area contributed by atoms with Crippen LogP contribution in [0, 0.1) is 0 Å². The molecule has 0 saturated heterocycles. The Morgan fingerprint density at radius 2 is 1.96 bits per heavy atom. The smallest absolute Gasteiger partial charge is 0.271 e. The Hall–Kier alpha value is -2.51. The zero-order valence-electron chi connectivity index (χ0n) is 15.6. The van der Waals surface area contributed by atoms with Gasteiger partial charge in [-0.2, -0.15) is 0 Å². The minimum atomic E-state index is -0.144. The first-order valence-electron chi connectivity index (χ1n) is 8.90. The molecule has 1 amide bonds. The normalized spacial score (nSPS) is 15.6. The summed E-state index contributed by atoms with van der Waals surface area (Å²) in [6.45, 7) is 0. The largest absolute Gasteiger partial charge is 0.493 e. The highest BCUT2D eigenvalue weighted by Gasteiger charge is 2.23. The van der Waals surface area contributed by atoms with Gasteiger partial charge in [0.1, 0.15) is 10.7 Å². The first kappa shape index (κ1) is 18.8. The lowest BCUT2D eigenvalue weighted by molar-refractivity contribution is 0.0930. The lowest BCUT2D eigenvalue weighted by atomic mass is 10.0. The molecule has 1 N–H and O–H groups in total. The van der Waals surface area contributed by atoms with Gasteiger partial charge in [-0.1, -0.05) is 18.2 Å². The van der Waals surface area contributed by atoms with Crippen LogP contribution in [0.15, 0.2) is 52.7 Å². The predicted molar refractivity (Wildman–Crippen MR) is 113 cm³/mol. The second kappa shape index (κ2) is 8.24. The van der Waals surface area contributed by atoms with Crippen LogP contribution in [0.1, 0.15) is 28.5 Å². The molecule has 1 atom stereocenters. The molecule has 0 spiro atoms. The van der Waals surface area contributed by atoms with Gasteiger partial charge in [-0.15, -0.1) is 23.1 Å². The summed E-state index contributed by atoms with van der Waals surface area (Å²) in [5, 5.41) is 5.71. The molecule has 2 aromatic carbocycles. The minimum Gasteiger partial charge on any atom is -0.493 e. The molecule has 144 valence electrons. The topological polar surface area (TPSA) is 60.5 Å². The van der Waals surface area contributed by atoms with Crippen LogP contribution in [0.3, 0.4) is 0 Å². The van der Waals surface area contributed by atoms with E-state index < -0.39 is 0 Å². The molecule has 2 heterocycles. The highest BCUT2D eigenvalue weighted by molar-refractivity contribution is 7.99. The lowest BCUT2D eigenvalue weighted by Gasteiger charge is -2.25. The van der Waals surface area contributed by atoms with Gasteiger partial charge in [0.2, 0.25) is 0 Å². The molecule has 1 aliphatic heterocycles. The molecular formula is C21H20N2O3S2. The Bertz CT molecular complexity index is 1000. The van der Waals surface area contributed by atoms with Crippen molar-refractivity contribution in [1.29, 1.82) is 0 Å². The second-order valence-corrected chi connectivity index (χ2v) is 8.30. The van der Waals surface area contributed by atoms with Crippen molar-refractivity contribution in [2.45, 2.75) is 17.4 Å². The Morgan fingerprint density at radius 3 is 2.79 bits per heavy atom. The van der Waals surface area contributed by atoms with Gasteiger partial charge in [-0.05, 0) is 36.2 Å². The van der Waals surface area contributed by atoms with Crippen molar-refractivity contribution in [3.8, 4) is 22.1 Å². The summed E-state index contributed by atoms with van der Waals surface area (Å²) in [5.74, 6) is 2.15. The number of methoxy groups -OCH3 is 2. The predicted octanol–water partition coefficient (Wildman–Crippen LogP) is 4.79. The molecule has 0 aliphatic carbocycles. The van der Waals surface area contributed by atoms with E-state index in [1.807, 2.05) is 42.1 Å². The molecular weight excluding hydrogens is 392 g/mol. The van der Waals surface area contributed by atoms with Crippen molar-refractivity contribution in [3.05, 3.63) is 59.1 Å². The molecule has 1 aliphatic rings. The maximum absolute atomic E-state index is 12.8. The van der Waals surface area contributed by atoms with E-state index in [9.17, 15) is 4.79 Å². The fourth-order valence-corrected chi connectivity index (χ4v) is 5.13. The first-order valence-corrected chi connectivity index (χ1v) is 10.8. The van der Waals surface area contributed by atoms with E-state index in [0.717, 1.165) is 22.7 Å². The molecule has 28 heavy (non-hydrogen) atoms. The number of ether oxygens (including phenoxy) is 2. The van der Waals surface area contributed by atoms with E-state index in [4.69, 9.17) is 9.47 Å². The number of hydrogen-bond acceptors (Lipinski definition) is 6. The Morgan fingerprint density at radius 1 is 1.14 bits per heavy atom. The van der Waals surface area contributed by atoms with E-state index >= 15 is 0 Å². The number of carbonyl (C=O) groups is 1. The van der Waals surface area contributed by atoms with Gasteiger partial charge in [-0.3, -0.25) is 4.79 Å². The van der Waals surface area contributed by atoms with Gasteiger partial charge >= 0.3 is 0 Å². The molecule has 7 heteroatoms. The minimum absolute atomic E-state index is 0.0242. The van der Waals surface area contributed by atoms with E-state index in [1.165, 1.54) is 21.8 Å². The zero-order chi connectivity index (χ0) is 19.5. The monoisotopic (exact) mass is 412 g/mol. The summed E-state index contributed by atoms with van der Waals surface area (Å²) in [5.41, 5.74) is 2.51. The maximum Gasteiger partial charge on any atom is 0.271 e. The van der Waals surface area contributed by atoms with Crippen molar-refractivity contribution < 1.29 is 14.3 Å². The van der Waals surface area contributed by atoms with Gasteiger partial charge in [0.25, 0.3) is 5.91 Å². The number of aromatic nitrogens is 1. The molecule has 5 nitrogen and oxygen atoms in total. The van der Waals surface area contributed by atoms with E-state index in [0.29, 0.717) is 17.2 Å². The van der Waals surface area contributed by atoms with E-state index in [2.05, 4.69) is 22.4 Å². The number of rotatable bonds is 5. The Labute approximate surface area is 172 Å². The Kier molecular flexibility index (Phi) is 5.54. The van der Waals surface area contributed by atoms with Crippen LogP contribution >= 0.6 is 23.1 Å². The fourth-order valence-electron chi connectivity index (χ4n) is 3.20. The van der Waals surface area contributed by atoms with Gasteiger partial charge in [-0.25, -0.2) is 4.98 Å². The number of nitrogens with zero attached hydrogens (tertiary/aromatic N) is 1. The van der Waals surface area contributed by atoms with Gasteiger partial charge in [0, 0.05) is 21.6 Å². The molecule has 0 bridgehead atoms. The molecule has 1 aromatic heterocycles. The summed E-state index contributed by atoms with van der Waals surface area (Å²) < 4.78 is 10.6. The molecule has 0 fully saturated rings. The van der Waals surface area contributed by atoms with Crippen molar-refractivity contribution >= 4 is 29.0 Å². The summed E-state index contributed by atoms with van der Waals surface area (Å²) >= 11 is 3.28.